The van der Waals surface area contributed by atoms with E-state index in [1.54, 1.807) is 26.4 Å². The van der Waals surface area contributed by atoms with E-state index >= 15 is 0 Å². The molecule has 1 aromatic carbocycles. The van der Waals surface area contributed by atoms with Crippen LogP contribution in [0.4, 0.5) is 10.2 Å². The smallest absolute Gasteiger partial charge is 0.191 e. The van der Waals surface area contributed by atoms with Gasteiger partial charge >= 0.3 is 0 Å². The molecule has 1 aliphatic rings. The average Bonchev–Trinajstić information content (AvgIpc) is 3.21. The van der Waals surface area contributed by atoms with Crippen molar-refractivity contribution in [3.05, 3.63) is 54.0 Å². The van der Waals surface area contributed by atoms with E-state index in [0.717, 1.165) is 24.7 Å². The van der Waals surface area contributed by atoms with Crippen LogP contribution in [-0.2, 0) is 0 Å². The summed E-state index contributed by atoms with van der Waals surface area (Å²) in [6.07, 6.45) is 2.52. The van der Waals surface area contributed by atoms with Crippen LogP contribution in [0.25, 0.3) is 0 Å². The lowest BCUT2D eigenvalue weighted by Crippen LogP contribution is -2.46. The van der Waals surface area contributed by atoms with Gasteiger partial charge in [-0.15, -0.1) is 24.0 Å². The molecular weight excluding hydrogens is 510 g/mol. The minimum atomic E-state index is -0.283. The summed E-state index contributed by atoms with van der Waals surface area (Å²) >= 11 is 0. The number of ether oxygens (including phenoxy) is 1. The highest BCUT2D eigenvalue weighted by atomic mass is 127. The molecule has 0 radical (unpaired) electrons. The lowest BCUT2D eigenvalue weighted by Gasteiger charge is -2.27. The largest absolute Gasteiger partial charge is 0.497 e. The molecule has 31 heavy (non-hydrogen) atoms. The second kappa shape index (κ2) is 12.0. The van der Waals surface area contributed by atoms with Crippen molar-refractivity contribution in [1.82, 2.24) is 20.5 Å². The third-order valence-corrected chi connectivity index (χ3v) is 5.38. The van der Waals surface area contributed by atoms with E-state index in [9.17, 15) is 4.39 Å². The fourth-order valence-corrected chi connectivity index (χ4v) is 3.69. The molecule has 1 saturated heterocycles. The highest BCUT2D eigenvalue weighted by Crippen LogP contribution is 2.22. The molecule has 0 bridgehead atoms. The Hall–Kier alpha value is -2.14. The van der Waals surface area contributed by atoms with Gasteiger partial charge in [-0.2, -0.15) is 0 Å². The highest BCUT2D eigenvalue weighted by molar-refractivity contribution is 14.0. The van der Waals surface area contributed by atoms with Gasteiger partial charge in [-0.25, -0.2) is 9.37 Å². The number of hydrogen-bond acceptors (Lipinski definition) is 5. The van der Waals surface area contributed by atoms with Crippen molar-refractivity contribution in [2.45, 2.75) is 18.5 Å². The highest BCUT2D eigenvalue weighted by Gasteiger charge is 2.26. The number of halogens is 2. The Labute approximate surface area is 201 Å². The zero-order valence-corrected chi connectivity index (χ0v) is 20.8. The number of hydrogen-bond donors (Lipinski definition) is 2. The molecular formula is C22H32FIN6O. The lowest BCUT2D eigenvalue weighted by molar-refractivity contribution is 0.297. The van der Waals surface area contributed by atoms with Crippen molar-refractivity contribution in [3.63, 3.8) is 0 Å². The summed E-state index contributed by atoms with van der Waals surface area (Å²) < 4.78 is 19.3. The van der Waals surface area contributed by atoms with Crippen molar-refractivity contribution in [2.24, 2.45) is 4.99 Å². The van der Waals surface area contributed by atoms with Crippen molar-refractivity contribution in [1.29, 1.82) is 0 Å². The van der Waals surface area contributed by atoms with Gasteiger partial charge in [0.15, 0.2) is 17.6 Å². The van der Waals surface area contributed by atoms with E-state index in [4.69, 9.17) is 4.74 Å². The van der Waals surface area contributed by atoms with Crippen LogP contribution in [0.5, 0.6) is 5.75 Å². The number of guanidine groups is 1. The molecule has 1 fully saturated rings. The van der Waals surface area contributed by atoms with Crippen LogP contribution in [0, 0.1) is 5.82 Å². The molecule has 1 aliphatic heterocycles. The number of aliphatic imine (C=N–C) groups is 1. The van der Waals surface area contributed by atoms with E-state index in [0.29, 0.717) is 18.9 Å². The fourth-order valence-electron chi connectivity index (χ4n) is 3.69. The lowest BCUT2D eigenvalue weighted by atomic mass is 10.1. The molecule has 7 nitrogen and oxygen atoms in total. The SMILES string of the molecule is CN=C(NCC(c1ccc(OC)cc1)N(C)C)NC1CCN(c2ncccc2F)C1.I. The van der Waals surface area contributed by atoms with Gasteiger partial charge in [-0.1, -0.05) is 12.1 Å². The summed E-state index contributed by atoms with van der Waals surface area (Å²) in [5, 5.41) is 6.89. The molecule has 0 saturated carbocycles. The molecule has 2 unspecified atom stereocenters. The van der Waals surface area contributed by atoms with Crippen molar-refractivity contribution in [2.75, 3.05) is 52.8 Å². The summed E-state index contributed by atoms with van der Waals surface area (Å²) in [5.41, 5.74) is 1.20. The zero-order chi connectivity index (χ0) is 21.5. The summed E-state index contributed by atoms with van der Waals surface area (Å²) in [6, 6.07) is 11.5. The van der Waals surface area contributed by atoms with Gasteiger partial charge in [0.2, 0.25) is 0 Å². The second-order valence-corrected chi connectivity index (χ2v) is 7.59. The van der Waals surface area contributed by atoms with E-state index in [-0.39, 0.29) is 41.9 Å². The summed E-state index contributed by atoms with van der Waals surface area (Å²) in [7, 11) is 7.55. The quantitative estimate of drug-likeness (QED) is 0.319. The molecule has 9 heteroatoms. The van der Waals surface area contributed by atoms with Crippen LogP contribution in [0.1, 0.15) is 18.0 Å². The molecule has 3 rings (SSSR count). The molecule has 2 aromatic rings. The molecule has 0 spiro atoms. The first-order valence-electron chi connectivity index (χ1n) is 10.1. The standard InChI is InChI=1S/C22H31FN6O.HI/c1-24-22(26-14-20(28(2)3)16-7-9-18(30-4)10-8-16)27-17-11-13-29(15-17)21-19(23)6-5-12-25-21;/h5-10,12,17,20H,11,13-15H2,1-4H3,(H2,24,26,27);1H. The number of nitrogens with zero attached hydrogens (tertiary/aromatic N) is 4. The summed E-state index contributed by atoms with van der Waals surface area (Å²) in [5.74, 6) is 1.71. The first-order valence-corrected chi connectivity index (χ1v) is 10.1. The van der Waals surface area contributed by atoms with Crippen molar-refractivity contribution < 1.29 is 9.13 Å². The number of likely N-dealkylation sites (N-methyl/N-ethyl adjacent to an activating group) is 1. The molecule has 0 aliphatic carbocycles. The first kappa shape index (κ1) is 25.1. The second-order valence-electron chi connectivity index (χ2n) is 7.59. The maximum absolute atomic E-state index is 14.0. The van der Waals surface area contributed by atoms with Crippen LogP contribution in [-0.4, -0.2) is 69.8 Å². The van der Waals surface area contributed by atoms with Crippen LogP contribution in [0.2, 0.25) is 0 Å². The number of pyridine rings is 1. The predicted molar refractivity (Wildman–Crippen MR) is 134 cm³/mol. The first-order chi connectivity index (χ1) is 14.5. The molecule has 0 amide bonds. The van der Waals surface area contributed by atoms with E-state index in [1.807, 2.05) is 17.0 Å². The van der Waals surface area contributed by atoms with Crippen LogP contribution >= 0.6 is 24.0 Å². The Bertz CT molecular complexity index is 848. The maximum Gasteiger partial charge on any atom is 0.191 e. The maximum atomic E-state index is 14.0. The fraction of sp³-hybridized carbons (Fsp3) is 0.455. The Balaban J connectivity index is 0.00000341. The number of methoxy groups -OCH3 is 1. The number of nitrogens with one attached hydrogen (secondary N) is 2. The van der Waals surface area contributed by atoms with Gasteiger partial charge in [0, 0.05) is 38.9 Å². The number of rotatable bonds is 7. The molecule has 2 N–H and O–H groups in total. The van der Waals surface area contributed by atoms with Gasteiger partial charge in [-0.3, -0.25) is 4.99 Å². The minimum Gasteiger partial charge on any atom is -0.497 e. The third kappa shape index (κ3) is 6.67. The number of aromatic nitrogens is 1. The molecule has 2 atom stereocenters. The van der Waals surface area contributed by atoms with Crippen molar-refractivity contribution in [3.8, 4) is 5.75 Å². The molecule has 2 heterocycles. The Morgan fingerprint density at radius 1 is 1.32 bits per heavy atom. The van der Waals surface area contributed by atoms with Crippen molar-refractivity contribution >= 4 is 35.8 Å². The van der Waals surface area contributed by atoms with E-state index in [2.05, 4.69) is 51.7 Å². The van der Waals surface area contributed by atoms with E-state index < -0.39 is 0 Å². The number of anilines is 1. The summed E-state index contributed by atoms with van der Waals surface area (Å²) in [6.45, 7) is 2.14. The van der Waals surface area contributed by atoms with Gasteiger partial charge < -0.3 is 25.2 Å². The Kier molecular flexibility index (Phi) is 9.76. The van der Waals surface area contributed by atoms with Gasteiger partial charge in [0.1, 0.15) is 5.75 Å². The number of benzene rings is 1. The normalized spacial score (nSPS) is 17.3. The van der Waals surface area contributed by atoms with Gasteiger partial charge in [0.25, 0.3) is 0 Å². The van der Waals surface area contributed by atoms with Crippen LogP contribution < -0.4 is 20.3 Å². The Morgan fingerprint density at radius 3 is 2.68 bits per heavy atom. The minimum absolute atomic E-state index is 0. The summed E-state index contributed by atoms with van der Waals surface area (Å²) in [4.78, 5) is 12.7. The van der Waals surface area contributed by atoms with Crippen LogP contribution in [0.3, 0.4) is 0 Å². The predicted octanol–water partition coefficient (Wildman–Crippen LogP) is 2.89. The van der Waals surface area contributed by atoms with E-state index in [1.165, 1.54) is 11.6 Å². The van der Waals surface area contributed by atoms with Gasteiger partial charge in [-0.05, 0) is 50.3 Å². The average molecular weight is 542 g/mol. The molecule has 170 valence electrons. The molecule has 1 aromatic heterocycles. The van der Waals surface area contributed by atoms with Crippen LogP contribution in [0.15, 0.2) is 47.6 Å². The zero-order valence-electron chi connectivity index (χ0n) is 18.5. The van der Waals surface area contributed by atoms with Gasteiger partial charge in [0.05, 0.1) is 13.2 Å². The topological polar surface area (TPSA) is 65.0 Å². The monoisotopic (exact) mass is 542 g/mol. The Morgan fingerprint density at radius 2 is 2.06 bits per heavy atom. The third-order valence-electron chi connectivity index (χ3n) is 5.38.